The van der Waals surface area contributed by atoms with Crippen molar-refractivity contribution in [2.24, 2.45) is 7.05 Å². The number of hydrogen-bond acceptors (Lipinski definition) is 4. The normalized spacial score (nSPS) is 11.3. The van der Waals surface area contributed by atoms with E-state index in [0.717, 1.165) is 11.3 Å². The Morgan fingerprint density at radius 3 is 2.37 bits per heavy atom. The largest absolute Gasteiger partial charge is 0.378 e. The van der Waals surface area contributed by atoms with Gasteiger partial charge in [-0.2, -0.15) is 5.10 Å². The molecule has 0 saturated carbocycles. The minimum Gasteiger partial charge on any atom is -0.378 e. The summed E-state index contributed by atoms with van der Waals surface area (Å²) in [6.07, 6.45) is 5.29. The summed E-state index contributed by atoms with van der Waals surface area (Å²) in [6, 6.07) is 11.8. The molecule has 2 heterocycles. The van der Waals surface area contributed by atoms with Crippen LogP contribution >= 0.6 is 0 Å². The number of aromatic nitrogens is 3. The van der Waals surface area contributed by atoms with Crippen LogP contribution in [-0.2, 0) is 19.0 Å². The molecule has 0 bridgehead atoms. The number of hydrogen-bond donors (Lipinski definition) is 2. The van der Waals surface area contributed by atoms with Crippen molar-refractivity contribution in [3.05, 3.63) is 71.8 Å². The fraction of sp³-hybridized carbons (Fsp3) is 0.286. The smallest absolute Gasteiger partial charge is 0.278 e. The van der Waals surface area contributed by atoms with E-state index in [4.69, 9.17) is 0 Å². The van der Waals surface area contributed by atoms with Crippen LogP contribution in [0.4, 0.5) is 11.4 Å². The van der Waals surface area contributed by atoms with Crippen molar-refractivity contribution >= 4 is 17.3 Å². The Hall–Kier alpha value is -3.15. The summed E-state index contributed by atoms with van der Waals surface area (Å²) in [5, 5.41) is 10.5. The van der Waals surface area contributed by atoms with Gasteiger partial charge in [0.1, 0.15) is 0 Å². The van der Waals surface area contributed by atoms with E-state index >= 15 is 0 Å². The molecule has 0 aliphatic heterocycles. The molecule has 0 saturated heterocycles. The maximum Gasteiger partial charge on any atom is 0.278 e. The number of anilines is 2. The van der Waals surface area contributed by atoms with Gasteiger partial charge in [-0.25, -0.2) is 0 Å². The van der Waals surface area contributed by atoms with Crippen LogP contribution in [0.5, 0.6) is 0 Å². The molecule has 2 aromatic heterocycles. The van der Waals surface area contributed by atoms with E-state index in [-0.39, 0.29) is 11.3 Å². The predicted molar refractivity (Wildman–Crippen MR) is 108 cm³/mol. The van der Waals surface area contributed by atoms with E-state index in [1.54, 1.807) is 30.3 Å². The lowest BCUT2D eigenvalue weighted by molar-refractivity contribution is 0.102. The van der Waals surface area contributed by atoms with Crippen LogP contribution in [0, 0.1) is 0 Å². The minimum absolute atomic E-state index is 0.0770. The number of pyridine rings is 1. The van der Waals surface area contributed by atoms with Gasteiger partial charge in [0.05, 0.1) is 5.69 Å². The van der Waals surface area contributed by atoms with Gasteiger partial charge in [0.2, 0.25) is 0 Å². The van der Waals surface area contributed by atoms with Crippen LogP contribution in [0.15, 0.2) is 55.0 Å². The Labute approximate surface area is 159 Å². The van der Waals surface area contributed by atoms with Crippen molar-refractivity contribution < 1.29 is 4.79 Å². The summed E-state index contributed by atoms with van der Waals surface area (Å²) >= 11 is 0. The second-order valence-electron chi connectivity index (χ2n) is 7.56. The molecule has 0 unspecified atom stereocenters. The molecule has 2 N–H and O–H groups in total. The SMILES string of the molecule is Cn1cc(NCc2ccncc2)c(C(=O)Nc2ccc(C(C)(C)C)cc2)n1. The van der Waals surface area contributed by atoms with Crippen LogP contribution in [0.3, 0.4) is 0 Å². The zero-order valence-corrected chi connectivity index (χ0v) is 16.2. The van der Waals surface area contributed by atoms with Gasteiger partial charge in [-0.15, -0.1) is 0 Å². The van der Waals surface area contributed by atoms with Gasteiger partial charge < -0.3 is 10.6 Å². The van der Waals surface area contributed by atoms with Crippen molar-refractivity contribution in [3.8, 4) is 0 Å². The number of rotatable bonds is 5. The van der Waals surface area contributed by atoms with E-state index in [2.05, 4.69) is 41.5 Å². The van der Waals surface area contributed by atoms with Crippen LogP contribution < -0.4 is 10.6 Å². The third-order valence-electron chi connectivity index (χ3n) is 4.28. The molecule has 6 heteroatoms. The van der Waals surface area contributed by atoms with Gasteiger partial charge in [0.15, 0.2) is 5.69 Å². The molecule has 27 heavy (non-hydrogen) atoms. The quantitative estimate of drug-likeness (QED) is 0.719. The van der Waals surface area contributed by atoms with E-state index < -0.39 is 0 Å². The van der Waals surface area contributed by atoms with Gasteiger partial charge in [-0.1, -0.05) is 32.9 Å². The zero-order chi connectivity index (χ0) is 19.4. The third kappa shape index (κ3) is 4.73. The maximum absolute atomic E-state index is 12.7. The standard InChI is InChI=1S/C21H25N5O/c1-21(2,3)16-5-7-17(8-6-16)24-20(27)19-18(14-26(4)25-19)23-13-15-9-11-22-12-10-15/h5-12,14,23H,13H2,1-4H3,(H,24,27). The molecular weight excluding hydrogens is 338 g/mol. The predicted octanol–water partition coefficient (Wildman–Crippen LogP) is 3.98. The minimum atomic E-state index is -0.240. The number of amides is 1. The number of nitrogens with one attached hydrogen (secondary N) is 2. The average molecular weight is 363 g/mol. The van der Waals surface area contributed by atoms with Gasteiger partial charge in [-0.3, -0.25) is 14.5 Å². The van der Waals surface area contributed by atoms with E-state index in [0.29, 0.717) is 17.9 Å². The van der Waals surface area contributed by atoms with Gasteiger partial charge in [0.25, 0.3) is 5.91 Å². The van der Waals surface area contributed by atoms with Gasteiger partial charge >= 0.3 is 0 Å². The van der Waals surface area contributed by atoms with Gasteiger partial charge in [0, 0.05) is 37.9 Å². The molecule has 0 atom stereocenters. The van der Waals surface area contributed by atoms with Gasteiger partial charge in [-0.05, 0) is 40.8 Å². The first-order valence-electron chi connectivity index (χ1n) is 8.91. The van der Waals surface area contributed by atoms with Crippen molar-refractivity contribution in [3.63, 3.8) is 0 Å². The fourth-order valence-corrected chi connectivity index (χ4v) is 2.73. The molecule has 3 aromatic rings. The Bertz CT molecular complexity index is 908. The second-order valence-corrected chi connectivity index (χ2v) is 7.56. The molecule has 6 nitrogen and oxygen atoms in total. The summed E-state index contributed by atoms with van der Waals surface area (Å²) in [5.41, 5.74) is 4.19. The topological polar surface area (TPSA) is 71.8 Å². The number of nitrogens with zero attached hydrogens (tertiary/aromatic N) is 3. The number of aryl methyl sites for hydroxylation is 1. The summed E-state index contributed by atoms with van der Waals surface area (Å²) in [5.74, 6) is -0.240. The second kappa shape index (κ2) is 7.61. The van der Waals surface area contributed by atoms with E-state index in [1.165, 1.54) is 5.56 Å². The molecule has 0 radical (unpaired) electrons. The summed E-state index contributed by atoms with van der Waals surface area (Å²) in [4.78, 5) is 16.7. The lowest BCUT2D eigenvalue weighted by atomic mass is 9.87. The highest BCUT2D eigenvalue weighted by molar-refractivity contribution is 6.06. The summed E-state index contributed by atoms with van der Waals surface area (Å²) in [7, 11) is 1.80. The molecule has 0 aliphatic carbocycles. The van der Waals surface area contributed by atoms with Crippen LogP contribution in [-0.4, -0.2) is 20.7 Å². The lowest BCUT2D eigenvalue weighted by Gasteiger charge is -2.19. The van der Waals surface area contributed by atoms with E-state index in [1.807, 2.05) is 36.4 Å². The fourth-order valence-electron chi connectivity index (χ4n) is 2.73. The highest BCUT2D eigenvalue weighted by Gasteiger charge is 2.17. The summed E-state index contributed by atoms with van der Waals surface area (Å²) in [6.45, 7) is 7.08. The Morgan fingerprint density at radius 1 is 1.07 bits per heavy atom. The molecule has 3 rings (SSSR count). The first-order chi connectivity index (χ1) is 12.8. The highest BCUT2D eigenvalue weighted by Crippen LogP contribution is 2.24. The monoisotopic (exact) mass is 363 g/mol. The van der Waals surface area contributed by atoms with Crippen molar-refractivity contribution in [2.75, 3.05) is 10.6 Å². The third-order valence-corrected chi connectivity index (χ3v) is 4.28. The molecule has 0 aliphatic rings. The van der Waals surface area contributed by atoms with E-state index in [9.17, 15) is 4.79 Å². The first kappa shape index (κ1) is 18.6. The highest BCUT2D eigenvalue weighted by atomic mass is 16.2. The van der Waals surface area contributed by atoms with Crippen molar-refractivity contribution in [1.29, 1.82) is 0 Å². The molecule has 0 fully saturated rings. The van der Waals surface area contributed by atoms with Crippen molar-refractivity contribution in [2.45, 2.75) is 32.7 Å². The lowest BCUT2D eigenvalue weighted by Crippen LogP contribution is -2.16. The van der Waals surface area contributed by atoms with Crippen molar-refractivity contribution in [1.82, 2.24) is 14.8 Å². The molecule has 1 amide bonds. The molecule has 1 aromatic carbocycles. The molecule has 140 valence electrons. The Kier molecular flexibility index (Phi) is 5.26. The van der Waals surface area contributed by atoms with Crippen LogP contribution in [0.25, 0.3) is 0 Å². The van der Waals surface area contributed by atoms with Crippen LogP contribution in [0.2, 0.25) is 0 Å². The Morgan fingerprint density at radius 2 is 1.74 bits per heavy atom. The zero-order valence-electron chi connectivity index (χ0n) is 16.2. The maximum atomic E-state index is 12.7. The molecule has 0 spiro atoms. The van der Waals surface area contributed by atoms with Crippen LogP contribution in [0.1, 0.15) is 42.4 Å². The average Bonchev–Trinajstić information content (AvgIpc) is 3.01. The number of carbonyl (C=O) groups excluding carboxylic acids is 1. The summed E-state index contributed by atoms with van der Waals surface area (Å²) < 4.78 is 1.63. The number of benzene rings is 1. The molecular formula is C21H25N5O. The first-order valence-corrected chi connectivity index (χ1v) is 8.91. The number of carbonyl (C=O) groups is 1. The Balaban J connectivity index is 1.71.